The summed E-state index contributed by atoms with van der Waals surface area (Å²) in [5.41, 5.74) is 1.95. The van der Waals surface area contributed by atoms with Crippen LogP contribution in [0.4, 0.5) is 5.69 Å². The molecule has 0 aliphatic rings. The summed E-state index contributed by atoms with van der Waals surface area (Å²) in [6.45, 7) is 5.70. The van der Waals surface area contributed by atoms with Crippen molar-refractivity contribution >= 4 is 27.5 Å². The van der Waals surface area contributed by atoms with Crippen molar-refractivity contribution in [3.63, 3.8) is 0 Å². The monoisotopic (exact) mass is 581 g/mol. The van der Waals surface area contributed by atoms with Crippen molar-refractivity contribution in [3.05, 3.63) is 83.9 Å². The molecule has 0 spiro atoms. The average Bonchev–Trinajstić information content (AvgIpc) is 2.99. The maximum atomic E-state index is 14.1. The van der Waals surface area contributed by atoms with Crippen molar-refractivity contribution in [1.29, 1.82) is 0 Å². The Kier molecular flexibility index (Phi) is 11.2. The van der Waals surface area contributed by atoms with Crippen molar-refractivity contribution < 1.29 is 27.5 Å². The van der Waals surface area contributed by atoms with Crippen LogP contribution in [0.3, 0.4) is 0 Å². The number of anilines is 1. The number of rotatable bonds is 14. The minimum atomic E-state index is -4.16. The number of sulfonamides is 1. The van der Waals surface area contributed by atoms with Gasteiger partial charge in [0.25, 0.3) is 10.0 Å². The van der Waals surface area contributed by atoms with E-state index >= 15 is 0 Å². The van der Waals surface area contributed by atoms with E-state index in [-0.39, 0.29) is 23.0 Å². The van der Waals surface area contributed by atoms with E-state index in [1.807, 2.05) is 32.9 Å². The molecule has 0 radical (unpaired) electrons. The van der Waals surface area contributed by atoms with E-state index in [0.717, 1.165) is 21.9 Å². The lowest BCUT2D eigenvalue weighted by Crippen LogP contribution is -2.52. The third kappa shape index (κ3) is 8.00. The molecule has 3 rings (SSSR count). The van der Waals surface area contributed by atoms with Crippen LogP contribution in [-0.2, 0) is 26.2 Å². The Hall–Kier alpha value is -4.05. The Labute approximate surface area is 243 Å². The van der Waals surface area contributed by atoms with Gasteiger partial charge in [0.05, 0.1) is 24.8 Å². The van der Waals surface area contributed by atoms with Crippen LogP contribution in [0.5, 0.6) is 11.5 Å². The molecular weight excluding hydrogens is 542 g/mol. The molecule has 41 heavy (non-hydrogen) atoms. The summed E-state index contributed by atoms with van der Waals surface area (Å²) in [7, 11) is -1.11. The van der Waals surface area contributed by atoms with Gasteiger partial charge in [-0.25, -0.2) is 8.42 Å². The van der Waals surface area contributed by atoms with Crippen LogP contribution < -0.4 is 19.1 Å². The highest BCUT2D eigenvalue weighted by atomic mass is 32.2. The first-order valence-electron chi connectivity index (χ1n) is 13.6. The number of hydrogen-bond donors (Lipinski definition) is 1. The SMILES string of the molecule is CCCNC(=O)[C@@H](CC)N(Cc1ccc(OC)cc1)C(=O)CN(c1cccc(OC)c1)S(=O)(=O)c1ccc(C)cc1. The molecule has 1 N–H and O–H groups in total. The predicted octanol–water partition coefficient (Wildman–Crippen LogP) is 4.54. The second-order valence-corrected chi connectivity index (χ2v) is 11.5. The number of nitrogens with one attached hydrogen (secondary N) is 1. The number of aryl methyl sites for hydroxylation is 1. The van der Waals surface area contributed by atoms with E-state index < -0.39 is 28.5 Å². The number of amides is 2. The molecule has 0 bridgehead atoms. The highest BCUT2D eigenvalue weighted by molar-refractivity contribution is 7.92. The third-order valence-electron chi connectivity index (χ3n) is 6.68. The first-order chi connectivity index (χ1) is 19.6. The molecule has 0 aromatic heterocycles. The van der Waals surface area contributed by atoms with E-state index in [1.54, 1.807) is 55.6 Å². The summed E-state index contributed by atoms with van der Waals surface area (Å²) in [4.78, 5) is 28.8. The molecule has 0 unspecified atom stereocenters. The van der Waals surface area contributed by atoms with E-state index in [9.17, 15) is 18.0 Å². The smallest absolute Gasteiger partial charge is 0.264 e. The second-order valence-electron chi connectivity index (χ2n) is 9.61. The van der Waals surface area contributed by atoms with Crippen LogP contribution in [0.2, 0.25) is 0 Å². The molecule has 220 valence electrons. The zero-order valence-electron chi connectivity index (χ0n) is 24.3. The molecule has 0 fully saturated rings. The topological polar surface area (TPSA) is 105 Å². The van der Waals surface area contributed by atoms with Gasteiger partial charge < -0.3 is 19.7 Å². The molecule has 0 aliphatic heterocycles. The van der Waals surface area contributed by atoms with Gasteiger partial charge in [-0.1, -0.05) is 49.7 Å². The van der Waals surface area contributed by atoms with Crippen LogP contribution in [0.15, 0.2) is 77.7 Å². The summed E-state index contributed by atoms with van der Waals surface area (Å²) < 4.78 is 39.6. The lowest BCUT2D eigenvalue weighted by atomic mass is 10.1. The van der Waals surface area contributed by atoms with Gasteiger partial charge in [-0.15, -0.1) is 0 Å². The van der Waals surface area contributed by atoms with Crippen molar-refractivity contribution in [2.24, 2.45) is 0 Å². The minimum absolute atomic E-state index is 0.0492. The fraction of sp³-hybridized carbons (Fsp3) is 0.355. The molecule has 0 heterocycles. The van der Waals surface area contributed by atoms with E-state index in [2.05, 4.69) is 5.32 Å². The standard InChI is InChI=1S/C31H39N3O6S/c1-6-19-32-31(36)29(7-2)33(21-24-13-15-26(39-4)16-14-24)30(35)22-34(25-9-8-10-27(20-25)40-5)41(37,38)28-17-11-23(3)12-18-28/h8-18,20,29H,6-7,19,21-22H2,1-5H3,(H,32,36)/t29-/m1/s1. The number of ether oxygens (including phenoxy) is 2. The molecule has 2 amide bonds. The zero-order valence-corrected chi connectivity index (χ0v) is 25.1. The van der Waals surface area contributed by atoms with Crippen molar-refractivity contribution in [3.8, 4) is 11.5 Å². The lowest BCUT2D eigenvalue weighted by molar-refractivity contribution is -0.140. The summed E-state index contributed by atoms with van der Waals surface area (Å²) in [5, 5.41) is 2.88. The Bertz CT molecular complexity index is 1410. The highest BCUT2D eigenvalue weighted by Crippen LogP contribution is 2.28. The molecule has 9 nitrogen and oxygen atoms in total. The summed E-state index contributed by atoms with van der Waals surface area (Å²) in [6, 6.07) is 19.4. The fourth-order valence-electron chi connectivity index (χ4n) is 4.34. The lowest BCUT2D eigenvalue weighted by Gasteiger charge is -2.33. The van der Waals surface area contributed by atoms with Gasteiger partial charge in [0.15, 0.2) is 0 Å². The summed E-state index contributed by atoms with van der Waals surface area (Å²) in [6.07, 6.45) is 1.09. The number of carbonyl (C=O) groups is 2. The maximum Gasteiger partial charge on any atom is 0.264 e. The Balaban J connectivity index is 2.06. The number of hydrogen-bond acceptors (Lipinski definition) is 6. The van der Waals surface area contributed by atoms with Gasteiger partial charge in [0, 0.05) is 19.2 Å². The Morgan fingerprint density at radius 1 is 0.902 bits per heavy atom. The van der Waals surface area contributed by atoms with Gasteiger partial charge >= 0.3 is 0 Å². The van der Waals surface area contributed by atoms with Crippen molar-refractivity contribution in [2.75, 3.05) is 31.6 Å². The predicted molar refractivity (Wildman–Crippen MR) is 160 cm³/mol. The van der Waals surface area contributed by atoms with E-state index in [4.69, 9.17) is 9.47 Å². The number of methoxy groups -OCH3 is 2. The van der Waals surface area contributed by atoms with Gasteiger partial charge in [-0.2, -0.15) is 0 Å². The first kappa shape index (κ1) is 31.5. The number of carbonyl (C=O) groups excluding carboxylic acids is 2. The van der Waals surface area contributed by atoms with Crippen molar-refractivity contribution in [2.45, 2.75) is 51.1 Å². The van der Waals surface area contributed by atoms with Crippen LogP contribution in [0.25, 0.3) is 0 Å². The third-order valence-corrected chi connectivity index (χ3v) is 8.46. The zero-order chi connectivity index (χ0) is 30.0. The van der Waals surface area contributed by atoms with Gasteiger partial charge in [0.1, 0.15) is 24.1 Å². The minimum Gasteiger partial charge on any atom is -0.497 e. The van der Waals surface area contributed by atoms with Crippen molar-refractivity contribution in [1.82, 2.24) is 10.2 Å². The highest BCUT2D eigenvalue weighted by Gasteiger charge is 2.33. The number of nitrogens with zero attached hydrogens (tertiary/aromatic N) is 2. The number of benzene rings is 3. The van der Waals surface area contributed by atoms with Crippen LogP contribution in [0.1, 0.15) is 37.8 Å². The Morgan fingerprint density at radius 2 is 1.56 bits per heavy atom. The summed E-state index contributed by atoms with van der Waals surface area (Å²) >= 11 is 0. The maximum absolute atomic E-state index is 14.1. The first-order valence-corrected chi connectivity index (χ1v) is 15.0. The molecule has 3 aromatic carbocycles. The molecule has 0 saturated carbocycles. The van der Waals surface area contributed by atoms with E-state index in [0.29, 0.717) is 24.5 Å². The quantitative estimate of drug-likeness (QED) is 0.300. The molecule has 0 aliphatic carbocycles. The van der Waals surface area contributed by atoms with Gasteiger partial charge in [-0.3, -0.25) is 13.9 Å². The molecule has 1 atom stereocenters. The van der Waals surface area contributed by atoms with Gasteiger partial charge in [0.2, 0.25) is 11.8 Å². The Morgan fingerprint density at radius 3 is 2.15 bits per heavy atom. The molecule has 0 saturated heterocycles. The normalized spacial score (nSPS) is 11.8. The van der Waals surface area contributed by atoms with Crippen LogP contribution >= 0.6 is 0 Å². The molecule has 10 heteroatoms. The average molecular weight is 582 g/mol. The van der Waals surface area contributed by atoms with Crippen LogP contribution in [-0.4, -0.2) is 58.5 Å². The van der Waals surface area contributed by atoms with Crippen LogP contribution in [0, 0.1) is 6.92 Å². The second kappa shape index (κ2) is 14.5. The largest absolute Gasteiger partial charge is 0.497 e. The van der Waals surface area contributed by atoms with E-state index in [1.165, 1.54) is 24.1 Å². The van der Waals surface area contributed by atoms with Gasteiger partial charge in [-0.05, 0) is 61.7 Å². The molecular formula is C31H39N3O6S. The summed E-state index contributed by atoms with van der Waals surface area (Å²) in [5.74, 6) is 0.302. The molecule has 3 aromatic rings. The fourth-order valence-corrected chi connectivity index (χ4v) is 5.75.